The van der Waals surface area contributed by atoms with Crippen molar-refractivity contribution in [2.45, 2.75) is 32.0 Å². The molecule has 1 atom stereocenters. The monoisotopic (exact) mass is 499 g/mol. The Hall–Kier alpha value is -4.24. The standard InChI is InChI=1S/C28H29N5O4/c1-36-21-11-13-22(14-12-21)37-18-26(34)30-31-27-23-8-2-3-10-25(23)33(28(27)35)19-32-16-5-4-9-24(32)20-7-6-15-29-17-20/h2-3,6-8,10-15,17,24,35H,4-5,9,16,18-19H2,1H3/t24-/m1/s1. The van der Waals surface area contributed by atoms with Gasteiger partial charge in [-0.25, -0.2) is 0 Å². The number of hydrogen-bond donors (Lipinski definition) is 1. The van der Waals surface area contributed by atoms with Crippen LogP contribution in [-0.4, -0.2) is 45.7 Å². The van der Waals surface area contributed by atoms with Crippen molar-refractivity contribution >= 4 is 22.5 Å². The molecule has 2 aromatic heterocycles. The number of aromatic hydroxyl groups is 1. The van der Waals surface area contributed by atoms with Crippen LogP contribution in [0.1, 0.15) is 30.9 Å². The number of carbonyl (C=O) groups excluding carboxylic acids is 1. The highest BCUT2D eigenvalue weighted by Crippen LogP contribution is 2.40. The maximum atomic E-state index is 12.4. The number of hydrogen-bond acceptors (Lipinski definition) is 7. The second-order valence-corrected chi connectivity index (χ2v) is 8.93. The Morgan fingerprint density at radius 3 is 2.68 bits per heavy atom. The third kappa shape index (κ3) is 5.46. The second-order valence-electron chi connectivity index (χ2n) is 8.93. The van der Waals surface area contributed by atoms with Gasteiger partial charge in [-0.1, -0.05) is 30.7 Å². The number of pyridine rings is 1. The molecule has 190 valence electrons. The number of methoxy groups -OCH3 is 1. The third-order valence-electron chi connectivity index (χ3n) is 6.61. The van der Waals surface area contributed by atoms with Crippen molar-refractivity contribution in [2.24, 2.45) is 10.2 Å². The largest absolute Gasteiger partial charge is 0.497 e. The minimum absolute atomic E-state index is 0.0238. The fourth-order valence-corrected chi connectivity index (χ4v) is 4.76. The van der Waals surface area contributed by atoms with Crippen LogP contribution >= 0.6 is 0 Å². The number of ether oxygens (including phenoxy) is 2. The lowest BCUT2D eigenvalue weighted by molar-refractivity contribution is -0.120. The molecule has 1 aliphatic rings. The fourth-order valence-electron chi connectivity index (χ4n) is 4.76. The molecule has 37 heavy (non-hydrogen) atoms. The van der Waals surface area contributed by atoms with E-state index in [1.54, 1.807) is 37.6 Å². The Kier molecular flexibility index (Phi) is 7.41. The van der Waals surface area contributed by atoms with Crippen LogP contribution in [0.3, 0.4) is 0 Å². The van der Waals surface area contributed by atoms with Crippen LogP contribution in [0.2, 0.25) is 0 Å². The summed E-state index contributed by atoms with van der Waals surface area (Å²) >= 11 is 0. The van der Waals surface area contributed by atoms with E-state index in [4.69, 9.17) is 9.47 Å². The van der Waals surface area contributed by atoms with Crippen molar-refractivity contribution in [1.82, 2.24) is 14.5 Å². The second kappa shape index (κ2) is 11.2. The highest BCUT2D eigenvalue weighted by Gasteiger charge is 2.26. The van der Waals surface area contributed by atoms with Gasteiger partial charge in [0.2, 0.25) is 5.88 Å². The zero-order valence-electron chi connectivity index (χ0n) is 20.7. The Balaban J connectivity index is 1.35. The third-order valence-corrected chi connectivity index (χ3v) is 6.61. The van der Waals surface area contributed by atoms with Crippen LogP contribution in [-0.2, 0) is 11.5 Å². The van der Waals surface area contributed by atoms with E-state index in [1.165, 1.54) is 5.56 Å². The molecule has 0 radical (unpaired) electrons. The van der Waals surface area contributed by atoms with Crippen molar-refractivity contribution in [3.63, 3.8) is 0 Å². The summed E-state index contributed by atoms with van der Waals surface area (Å²) in [6.07, 6.45) is 6.96. The van der Waals surface area contributed by atoms with Gasteiger partial charge in [-0.15, -0.1) is 10.2 Å². The van der Waals surface area contributed by atoms with E-state index in [1.807, 2.05) is 41.1 Å². The molecule has 1 saturated heterocycles. The average Bonchev–Trinajstić information content (AvgIpc) is 3.22. The molecule has 0 aliphatic carbocycles. The lowest BCUT2D eigenvalue weighted by atomic mass is 9.97. The highest BCUT2D eigenvalue weighted by atomic mass is 16.5. The topological polar surface area (TPSA) is 102 Å². The van der Waals surface area contributed by atoms with Crippen molar-refractivity contribution in [2.75, 3.05) is 20.3 Å². The van der Waals surface area contributed by atoms with Crippen LogP contribution in [0.5, 0.6) is 17.4 Å². The smallest absolute Gasteiger partial charge is 0.302 e. The summed E-state index contributed by atoms with van der Waals surface area (Å²) < 4.78 is 12.4. The number of benzene rings is 2. The minimum Gasteiger partial charge on any atom is -0.497 e. The van der Waals surface area contributed by atoms with Gasteiger partial charge in [0.05, 0.1) is 19.3 Å². The van der Waals surface area contributed by atoms with Gasteiger partial charge in [-0.3, -0.25) is 19.2 Å². The number of azo groups is 1. The predicted octanol–water partition coefficient (Wildman–Crippen LogP) is 5.62. The molecular weight excluding hydrogens is 470 g/mol. The van der Waals surface area contributed by atoms with E-state index in [9.17, 15) is 9.90 Å². The van der Waals surface area contributed by atoms with Gasteiger partial charge in [0.1, 0.15) is 11.5 Å². The number of nitrogens with zero attached hydrogens (tertiary/aromatic N) is 5. The lowest BCUT2D eigenvalue weighted by Crippen LogP contribution is -2.34. The maximum Gasteiger partial charge on any atom is 0.302 e. The van der Waals surface area contributed by atoms with Gasteiger partial charge in [0.15, 0.2) is 12.3 Å². The summed E-state index contributed by atoms with van der Waals surface area (Å²) in [6.45, 7) is 1.12. The molecule has 4 aromatic rings. The number of amides is 1. The molecule has 1 aliphatic heterocycles. The summed E-state index contributed by atoms with van der Waals surface area (Å²) in [6, 6.07) is 18.8. The molecule has 0 unspecified atom stereocenters. The minimum atomic E-state index is -0.556. The van der Waals surface area contributed by atoms with Crippen molar-refractivity contribution in [3.05, 3.63) is 78.6 Å². The lowest BCUT2D eigenvalue weighted by Gasteiger charge is -2.36. The SMILES string of the molecule is COc1ccc(OCC(=O)N=Nc2c(O)n(CN3CCCC[C@@H]3c3cccnc3)c3ccccc23)cc1. The van der Waals surface area contributed by atoms with E-state index in [0.29, 0.717) is 18.2 Å². The predicted molar refractivity (Wildman–Crippen MR) is 139 cm³/mol. The first-order valence-electron chi connectivity index (χ1n) is 12.3. The van der Waals surface area contributed by atoms with Crippen LogP contribution in [0, 0.1) is 0 Å². The van der Waals surface area contributed by atoms with Gasteiger partial charge in [0.25, 0.3) is 0 Å². The Bertz CT molecular complexity index is 1390. The summed E-state index contributed by atoms with van der Waals surface area (Å²) in [5.41, 5.74) is 2.26. The van der Waals surface area contributed by atoms with Crippen LogP contribution in [0.25, 0.3) is 10.9 Å². The summed E-state index contributed by atoms with van der Waals surface area (Å²) in [5.74, 6) is 0.638. The van der Waals surface area contributed by atoms with Crippen LogP contribution in [0.15, 0.2) is 83.3 Å². The number of likely N-dealkylation sites (tertiary alicyclic amines) is 1. The zero-order valence-corrected chi connectivity index (χ0v) is 20.7. The normalized spacial score (nSPS) is 16.3. The number of aromatic nitrogens is 2. The first kappa shape index (κ1) is 24.5. The molecule has 0 spiro atoms. The number of piperidine rings is 1. The molecule has 5 rings (SSSR count). The van der Waals surface area contributed by atoms with Gasteiger partial charge in [0, 0.05) is 30.4 Å². The zero-order chi connectivity index (χ0) is 25.6. The average molecular weight is 500 g/mol. The Morgan fingerprint density at radius 1 is 1.08 bits per heavy atom. The first-order valence-corrected chi connectivity index (χ1v) is 12.3. The highest BCUT2D eigenvalue weighted by molar-refractivity contribution is 5.95. The molecule has 2 aromatic carbocycles. The Labute approximate surface area is 215 Å². The van der Waals surface area contributed by atoms with Crippen molar-refractivity contribution in [3.8, 4) is 17.4 Å². The van der Waals surface area contributed by atoms with Gasteiger partial charge < -0.3 is 14.6 Å². The van der Waals surface area contributed by atoms with E-state index < -0.39 is 5.91 Å². The van der Waals surface area contributed by atoms with E-state index in [2.05, 4.69) is 26.2 Å². The molecule has 9 nitrogen and oxygen atoms in total. The van der Waals surface area contributed by atoms with Crippen molar-refractivity contribution < 1.29 is 19.4 Å². The molecular formula is C28H29N5O4. The first-order chi connectivity index (χ1) is 18.1. The Morgan fingerprint density at radius 2 is 1.89 bits per heavy atom. The van der Waals surface area contributed by atoms with Gasteiger partial charge >= 0.3 is 5.91 Å². The molecule has 1 N–H and O–H groups in total. The quantitative estimate of drug-likeness (QED) is 0.316. The number of rotatable bonds is 8. The fraction of sp³-hybridized carbons (Fsp3) is 0.286. The summed E-state index contributed by atoms with van der Waals surface area (Å²) in [7, 11) is 1.58. The molecule has 9 heteroatoms. The molecule has 0 bridgehead atoms. The van der Waals surface area contributed by atoms with Gasteiger partial charge in [-0.2, -0.15) is 0 Å². The van der Waals surface area contributed by atoms with Crippen molar-refractivity contribution in [1.29, 1.82) is 0 Å². The van der Waals surface area contributed by atoms with Crippen LogP contribution in [0.4, 0.5) is 5.69 Å². The van der Waals surface area contributed by atoms with E-state index >= 15 is 0 Å². The summed E-state index contributed by atoms with van der Waals surface area (Å²) in [4.78, 5) is 19.0. The van der Waals surface area contributed by atoms with E-state index in [-0.39, 0.29) is 24.2 Å². The molecule has 1 fully saturated rings. The van der Waals surface area contributed by atoms with Crippen LogP contribution < -0.4 is 9.47 Å². The number of fused-ring (bicyclic) bond motifs is 1. The summed E-state index contributed by atoms with van der Waals surface area (Å²) in [5, 5.41) is 19.9. The van der Waals surface area contributed by atoms with Gasteiger partial charge in [-0.05, 0) is 54.8 Å². The molecule has 1 amide bonds. The molecule has 3 heterocycles. The number of para-hydroxylation sites is 1. The molecule has 0 saturated carbocycles. The van der Waals surface area contributed by atoms with E-state index in [0.717, 1.165) is 36.7 Å². The maximum absolute atomic E-state index is 12.4. The number of carbonyl (C=O) groups is 1.